The molecule has 110 valence electrons. The third-order valence-electron chi connectivity index (χ3n) is 2.93. The lowest BCUT2D eigenvalue weighted by molar-refractivity contribution is 0.1000. The second-order valence-electron chi connectivity index (χ2n) is 4.44. The molecular formula is C15H11ClN4O2. The molecule has 3 rings (SSSR count). The number of carbonyl (C=O) groups excluding carboxylic acids is 1. The fourth-order valence-electron chi connectivity index (χ4n) is 1.87. The van der Waals surface area contributed by atoms with E-state index in [1.165, 1.54) is 12.3 Å². The number of rotatable bonds is 4. The first-order valence-corrected chi connectivity index (χ1v) is 6.73. The lowest BCUT2D eigenvalue weighted by Crippen LogP contribution is -2.11. The van der Waals surface area contributed by atoms with Crippen molar-refractivity contribution >= 4 is 17.5 Å². The number of nitrogens with two attached hydrogens (primary N) is 1. The van der Waals surface area contributed by atoms with Crippen LogP contribution in [-0.2, 0) is 0 Å². The molecule has 1 aromatic carbocycles. The molecule has 0 radical (unpaired) electrons. The van der Waals surface area contributed by atoms with E-state index in [4.69, 9.17) is 22.1 Å². The molecule has 0 saturated carbocycles. The van der Waals surface area contributed by atoms with Crippen molar-refractivity contribution < 1.29 is 9.53 Å². The van der Waals surface area contributed by atoms with Crippen LogP contribution in [0.25, 0.3) is 5.69 Å². The molecule has 7 heteroatoms. The Labute approximate surface area is 131 Å². The van der Waals surface area contributed by atoms with Gasteiger partial charge < -0.3 is 15.0 Å². The molecule has 0 aliphatic rings. The predicted molar refractivity (Wildman–Crippen MR) is 81.4 cm³/mol. The number of benzene rings is 1. The molecule has 6 nitrogen and oxygen atoms in total. The number of primary amides is 1. The number of pyridine rings is 1. The van der Waals surface area contributed by atoms with Gasteiger partial charge in [0.05, 0.1) is 17.6 Å². The van der Waals surface area contributed by atoms with Crippen molar-refractivity contribution in [3.63, 3.8) is 0 Å². The number of aromatic nitrogens is 3. The highest BCUT2D eigenvalue weighted by Crippen LogP contribution is 2.28. The van der Waals surface area contributed by atoms with Crippen molar-refractivity contribution in [1.29, 1.82) is 0 Å². The number of nitrogens with zero attached hydrogens (tertiary/aromatic N) is 3. The van der Waals surface area contributed by atoms with Crippen molar-refractivity contribution in [3.8, 4) is 17.3 Å². The van der Waals surface area contributed by atoms with Crippen LogP contribution in [0.4, 0.5) is 0 Å². The molecule has 22 heavy (non-hydrogen) atoms. The average Bonchev–Trinajstić information content (AvgIpc) is 3.04. The maximum Gasteiger partial charge on any atom is 0.250 e. The van der Waals surface area contributed by atoms with Gasteiger partial charge >= 0.3 is 0 Å². The number of carbonyl (C=O) groups is 1. The number of hydrogen-bond donors (Lipinski definition) is 1. The van der Waals surface area contributed by atoms with E-state index < -0.39 is 5.91 Å². The Morgan fingerprint density at radius 1 is 1.32 bits per heavy atom. The van der Waals surface area contributed by atoms with Crippen LogP contribution < -0.4 is 10.5 Å². The summed E-state index contributed by atoms with van der Waals surface area (Å²) in [5, 5.41) is 0.212. The standard InChI is InChI=1S/C15H11ClN4O2/c16-13-6-10(14(17)21)8-19-15(13)22-12-3-1-2-11(7-12)20-5-4-18-9-20/h1-9H,(H2,17,21). The summed E-state index contributed by atoms with van der Waals surface area (Å²) in [5.74, 6) is 0.171. The van der Waals surface area contributed by atoms with Crippen LogP contribution in [0.3, 0.4) is 0 Å². The first kappa shape index (κ1) is 14.1. The number of ether oxygens (including phenoxy) is 1. The lowest BCUT2D eigenvalue weighted by atomic mass is 10.3. The minimum atomic E-state index is -0.594. The number of amides is 1. The Morgan fingerprint density at radius 3 is 2.86 bits per heavy atom. The van der Waals surface area contributed by atoms with E-state index in [0.29, 0.717) is 5.75 Å². The van der Waals surface area contributed by atoms with Gasteiger partial charge in [-0.1, -0.05) is 17.7 Å². The molecule has 3 aromatic rings. The summed E-state index contributed by atoms with van der Waals surface area (Å²) in [4.78, 5) is 19.1. The summed E-state index contributed by atoms with van der Waals surface area (Å²) in [5.41, 5.74) is 6.29. The zero-order chi connectivity index (χ0) is 15.5. The largest absolute Gasteiger partial charge is 0.437 e. The van der Waals surface area contributed by atoms with Gasteiger partial charge in [0.15, 0.2) is 0 Å². The smallest absolute Gasteiger partial charge is 0.250 e. The fourth-order valence-corrected chi connectivity index (χ4v) is 2.07. The number of hydrogen-bond acceptors (Lipinski definition) is 4. The van der Waals surface area contributed by atoms with Gasteiger partial charge in [0.1, 0.15) is 10.8 Å². The highest BCUT2D eigenvalue weighted by atomic mass is 35.5. The molecule has 2 aromatic heterocycles. The van der Waals surface area contributed by atoms with Crippen LogP contribution in [0.15, 0.2) is 55.2 Å². The highest BCUT2D eigenvalue weighted by Gasteiger charge is 2.09. The molecule has 2 N–H and O–H groups in total. The zero-order valence-corrected chi connectivity index (χ0v) is 12.1. The Kier molecular flexibility index (Phi) is 3.76. The summed E-state index contributed by atoms with van der Waals surface area (Å²) in [6.07, 6.45) is 6.52. The minimum absolute atomic E-state index is 0.203. The van der Waals surface area contributed by atoms with Gasteiger partial charge in [-0.2, -0.15) is 0 Å². The van der Waals surface area contributed by atoms with Crippen molar-refractivity contribution in [1.82, 2.24) is 14.5 Å². The van der Waals surface area contributed by atoms with Crippen LogP contribution in [0.2, 0.25) is 5.02 Å². The van der Waals surface area contributed by atoms with Crippen LogP contribution in [-0.4, -0.2) is 20.4 Å². The molecule has 0 bridgehead atoms. The average molecular weight is 315 g/mol. The summed E-state index contributed by atoms with van der Waals surface area (Å²) >= 11 is 6.05. The summed E-state index contributed by atoms with van der Waals surface area (Å²) in [6, 6.07) is 8.78. The van der Waals surface area contributed by atoms with Gasteiger partial charge in [0.2, 0.25) is 11.8 Å². The Hall–Kier alpha value is -2.86. The normalized spacial score (nSPS) is 10.4. The molecular weight excluding hydrogens is 304 g/mol. The van der Waals surface area contributed by atoms with Crippen molar-refractivity contribution in [2.24, 2.45) is 5.73 Å². The Bertz CT molecular complexity index is 818. The number of imidazole rings is 1. The van der Waals surface area contributed by atoms with Crippen molar-refractivity contribution in [2.75, 3.05) is 0 Å². The van der Waals surface area contributed by atoms with Gasteiger partial charge in [-0.15, -0.1) is 0 Å². The Morgan fingerprint density at radius 2 is 2.18 bits per heavy atom. The van der Waals surface area contributed by atoms with Gasteiger partial charge in [-0.05, 0) is 18.2 Å². The Balaban J connectivity index is 1.87. The zero-order valence-electron chi connectivity index (χ0n) is 11.3. The van der Waals surface area contributed by atoms with Gasteiger partial charge in [-0.25, -0.2) is 9.97 Å². The molecule has 2 heterocycles. The first-order chi connectivity index (χ1) is 10.6. The molecule has 0 spiro atoms. The molecule has 0 aliphatic carbocycles. The van der Waals surface area contributed by atoms with Gasteiger partial charge in [0, 0.05) is 24.7 Å². The van der Waals surface area contributed by atoms with Crippen LogP contribution in [0.1, 0.15) is 10.4 Å². The molecule has 0 saturated heterocycles. The molecule has 0 fully saturated rings. The minimum Gasteiger partial charge on any atom is -0.437 e. The second kappa shape index (κ2) is 5.87. The van der Waals surface area contributed by atoms with E-state index >= 15 is 0 Å². The van der Waals surface area contributed by atoms with E-state index in [0.717, 1.165) is 5.69 Å². The fraction of sp³-hybridized carbons (Fsp3) is 0. The van der Waals surface area contributed by atoms with Crippen LogP contribution in [0, 0.1) is 0 Å². The van der Waals surface area contributed by atoms with E-state index in [1.807, 2.05) is 29.0 Å². The maximum atomic E-state index is 11.1. The van der Waals surface area contributed by atoms with Gasteiger partial charge in [0.25, 0.3) is 0 Å². The molecule has 0 unspecified atom stereocenters. The van der Waals surface area contributed by atoms with Gasteiger partial charge in [-0.3, -0.25) is 4.79 Å². The SMILES string of the molecule is NC(=O)c1cnc(Oc2cccc(-n3ccnc3)c2)c(Cl)c1. The first-order valence-electron chi connectivity index (χ1n) is 6.35. The van der Waals surface area contributed by atoms with Crippen molar-refractivity contribution in [2.45, 2.75) is 0 Å². The topological polar surface area (TPSA) is 83.0 Å². The molecule has 1 amide bonds. The van der Waals surface area contributed by atoms with E-state index in [9.17, 15) is 4.79 Å². The summed E-state index contributed by atoms with van der Waals surface area (Å²) in [6.45, 7) is 0. The molecule has 0 atom stereocenters. The monoisotopic (exact) mass is 314 g/mol. The predicted octanol–water partition coefficient (Wildman–Crippen LogP) is 2.81. The van der Waals surface area contributed by atoms with Crippen LogP contribution >= 0.6 is 11.6 Å². The van der Waals surface area contributed by atoms with E-state index in [1.54, 1.807) is 18.6 Å². The lowest BCUT2D eigenvalue weighted by Gasteiger charge is -2.09. The quantitative estimate of drug-likeness (QED) is 0.802. The third-order valence-corrected chi connectivity index (χ3v) is 3.20. The second-order valence-corrected chi connectivity index (χ2v) is 4.85. The highest BCUT2D eigenvalue weighted by molar-refractivity contribution is 6.32. The van der Waals surface area contributed by atoms with E-state index in [2.05, 4.69) is 9.97 Å². The third kappa shape index (κ3) is 2.91. The summed E-state index contributed by atoms with van der Waals surface area (Å²) < 4.78 is 7.50. The van der Waals surface area contributed by atoms with E-state index in [-0.39, 0.29) is 16.5 Å². The van der Waals surface area contributed by atoms with Crippen molar-refractivity contribution in [3.05, 3.63) is 65.8 Å². The maximum absolute atomic E-state index is 11.1. The molecule has 0 aliphatic heterocycles. The summed E-state index contributed by atoms with van der Waals surface area (Å²) in [7, 11) is 0. The number of halogens is 1. The van der Waals surface area contributed by atoms with Crippen LogP contribution in [0.5, 0.6) is 11.6 Å².